The Balaban J connectivity index is 1.17. The van der Waals surface area contributed by atoms with Gasteiger partial charge in [-0.3, -0.25) is 4.90 Å². The molecule has 0 aliphatic carbocycles. The maximum absolute atomic E-state index is 14.3. The van der Waals surface area contributed by atoms with Crippen molar-refractivity contribution in [3.05, 3.63) is 82.9 Å². The second kappa shape index (κ2) is 13.2. The minimum Gasteiger partial charge on any atom is -0.478 e. The van der Waals surface area contributed by atoms with Gasteiger partial charge in [0, 0.05) is 43.9 Å². The molecule has 6 rings (SSSR count). The second-order valence-electron chi connectivity index (χ2n) is 12.0. The summed E-state index contributed by atoms with van der Waals surface area (Å²) in [7, 11) is 2.01. The molecule has 4 heterocycles. The molecule has 2 aliphatic rings. The number of carboxylic acid groups (broad SMARTS) is 1. The number of anilines is 1. The number of hydrogen-bond donors (Lipinski definition) is 1. The summed E-state index contributed by atoms with van der Waals surface area (Å²) < 4.78 is 28.3. The largest absolute Gasteiger partial charge is 0.478 e. The van der Waals surface area contributed by atoms with Crippen LogP contribution in [0.4, 0.5) is 10.2 Å². The smallest absolute Gasteiger partial charge is 0.335 e. The number of aromatic nitrogens is 3. The number of nitrogens with zero attached hydrogens (tertiary/aromatic N) is 6. The Labute approximate surface area is 261 Å². The van der Waals surface area contributed by atoms with Gasteiger partial charge in [-0.15, -0.1) is 0 Å². The van der Waals surface area contributed by atoms with Gasteiger partial charge in [0.15, 0.2) is 0 Å². The first-order valence-corrected chi connectivity index (χ1v) is 15.4. The second-order valence-corrected chi connectivity index (χ2v) is 12.0. The summed E-state index contributed by atoms with van der Waals surface area (Å²) in [6, 6.07) is 17.5. The summed E-state index contributed by atoms with van der Waals surface area (Å²) >= 11 is 0. The zero-order valence-electron chi connectivity index (χ0n) is 25.5. The molecule has 3 atom stereocenters. The molecule has 4 aromatic rings. The lowest BCUT2D eigenvalue weighted by molar-refractivity contribution is 0.0697. The van der Waals surface area contributed by atoms with E-state index in [9.17, 15) is 14.3 Å². The summed E-state index contributed by atoms with van der Waals surface area (Å²) in [6.45, 7) is 5.01. The molecule has 234 valence electrons. The lowest BCUT2D eigenvalue weighted by Gasteiger charge is -2.32. The van der Waals surface area contributed by atoms with Crippen molar-refractivity contribution < 1.29 is 23.8 Å². The molecule has 1 N–H and O–H groups in total. The van der Waals surface area contributed by atoms with Crippen LogP contribution in [-0.4, -0.2) is 68.9 Å². The van der Waals surface area contributed by atoms with Gasteiger partial charge in [-0.1, -0.05) is 12.1 Å². The number of carboxylic acids is 1. The Morgan fingerprint density at radius 3 is 2.80 bits per heavy atom. The molecule has 0 bridgehead atoms. The van der Waals surface area contributed by atoms with Gasteiger partial charge in [-0.25, -0.2) is 14.2 Å². The number of ether oxygens (including phenoxy) is 2. The van der Waals surface area contributed by atoms with Crippen molar-refractivity contribution in [2.24, 2.45) is 0 Å². The number of aromatic carboxylic acids is 1. The third kappa shape index (κ3) is 6.77. The average Bonchev–Trinajstić information content (AvgIpc) is 3.77. The third-order valence-corrected chi connectivity index (χ3v) is 8.90. The Morgan fingerprint density at radius 2 is 2.04 bits per heavy atom. The number of fused-ring (bicyclic) bond motifs is 1. The lowest BCUT2D eigenvalue weighted by atomic mass is 10.1. The van der Waals surface area contributed by atoms with E-state index in [-0.39, 0.29) is 29.9 Å². The molecule has 0 radical (unpaired) electrons. The van der Waals surface area contributed by atoms with Gasteiger partial charge < -0.3 is 24.0 Å². The van der Waals surface area contributed by atoms with Gasteiger partial charge in [0.05, 0.1) is 47.4 Å². The van der Waals surface area contributed by atoms with E-state index in [0.717, 1.165) is 61.5 Å². The molecule has 0 spiro atoms. The van der Waals surface area contributed by atoms with Crippen molar-refractivity contribution >= 4 is 22.8 Å². The fraction of sp³-hybridized carbons (Fsp3) is 0.412. The summed E-state index contributed by atoms with van der Waals surface area (Å²) in [5.41, 5.74) is 2.48. The fourth-order valence-corrected chi connectivity index (χ4v) is 6.38. The highest BCUT2D eigenvalue weighted by Crippen LogP contribution is 2.30. The molecule has 2 aliphatic heterocycles. The van der Waals surface area contributed by atoms with Crippen LogP contribution in [0.2, 0.25) is 0 Å². The highest BCUT2D eigenvalue weighted by Gasteiger charge is 2.33. The molecule has 10 nitrogen and oxygen atoms in total. The highest BCUT2D eigenvalue weighted by atomic mass is 19.1. The fourth-order valence-electron chi connectivity index (χ4n) is 6.38. The molecular formula is C34H37FN6O4. The van der Waals surface area contributed by atoms with Gasteiger partial charge in [0.1, 0.15) is 24.1 Å². The van der Waals surface area contributed by atoms with E-state index in [4.69, 9.17) is 19.7 Å². The van der Waals surface area contributed by atoms with Crippen molar-refractivity contribution in [1.29, 1.82) is 5.26 Å². The number of hydrogen-bond acceptors (Lipinski definition) is 8. The number of carbonyl (C=O) groups is 1. The van der Waals surface area contributed by atoms with Gasteiger partial charge in [0.2, 0.25) is 5.88 Å². The van der Waals surface area contributed by atoms with Crippen molar-refractivity contribution in [3.63, 3.8) is 0 Å². The van der Waals surface area contributed by atoms with E-state index in [1.165, 1.54) is 6.07 Å². The average molecular weight is 613 g/mol. The predicted molar refractivity (Wildman–Crippen MR) is 167 cm³/mol. The Bertz CT molecular complexity index is 1730. The van der Waals surface area contributed by atoms with Gasteiger partial charge in [-0.05, 0) is 69.0 Å². The molecule has 2 aromatic heterocycles. The summed E-state index contributed by atoms with van der Waals surface area (Å²) in [5.74, 6) is 0.615. The van der Waals surface area contributed by atoms with Gasteiger partial charge in [-0.2, -0.15) is 10.2 Å². The van der Waals surface area contributed by atoms with E-state index in [2.05, 4.69) is 26.3 Å². The van der Waals surface area contributed by atoms with Crippen LogP contribution in [-0.2, 0) is 24.4 Å². The number of rotatable bonds is 11. The zero-order chi connectivity index (χ0) is 31.5. The SMILES string of the molecule is CC1CCC(CN(C)c2cccc(OCc3ccc(C#N)cc3F)n2)N1Cc1nc2ccc(C(=O)O)cc2n1CC1CCCO1. The lowest BCUT2D eigenvalue weighted by Crippen LogP contribution is -2.42. The van der Waals surface area contributed by atoms with Crippen molar-refractivity contribution in [2.45, 2.75) is 70.5 Å². The van der Waals surface area contributed by atoms with Crippen LogP contribution < -0.4 is 9.64 Å². The molecule has 3 unspecified atom stereocenters. The highest BCUT2D eigenvalue weighted by molar-refractivity contribution is 5.92. The van der Waals surface area contributed by atoms with Gasteiger partial charge >= 0.3 is 5.97 Å². The maximum atomic E-state index is 14.3. The van der Waals surface area contributed by atoms with E-state index >= 15 is 0 Å². The first-order chi connectivity index (χ1) is 21.8. The van der Waals surface area contributed by atoms with Crippen LogP contribution in [0.5, 0.6) is 5.88 Å². The number of halogens is 1. The van der Waals surface area contributed by atoms with Gasteiger partial charge in [0.25, 0.3) is 0 Å². The molecule has 0 saturated carbocycles. The van der Waals surface area contributed by atoms with Crippen LogP contribution in [0.25, 0.3) is 11.0 Å². The van der Waals surface area contributed by atoms with Crippen molar-refractivity contribution in [2.75, 3.05) is 25.1 Å². The molecular weight excluding hydrogens is 575 g/mol. The minimum atomic E-state index is -0.955. The Morgan fingerprint density at radius 1 is 1.18 bits per heavy atom. The minimum absolute atomic E-state index is 0.00643. The Kier molecular flexibility index (Phi) is 8.96. The predicted octanol–water partition coefficient (Wildman–Crippen LogP) is 5.39. The zero-order valence-corrected chi connectivity index (χ0v) is 25.5. The van der Waals surface area contributed by atoms with E-state index < -0.39 is 11.8 Å². The standard InChI is InChI=1S/C34H37FN6O4/c1-22-8-12-26(18-39(2)31-6-3-7-33(38-31)45-21-25-10-9-23(17-36)15-28(25)35)40(22)20-32-37-29-13-11-24(34(42)43)16-30(29)41(32)19-27-5-4-14-44-27/h3,6-7,9-11,13,15-16,22,26-27H,4-5,8,12,14,18-21H2,1-2H3,(H,42,43). The number of imidazole rings is 1. The first-order valence-electron chi connectivity index (χ1n) is 15.4. The Hall–Kier alpha value is -4.53. The molecule has 45 heavy (non-hydrogen) atoms. The van der Waals surface area contributed by atoms with Crippen molar-refractivity contribution in [3.8, 4) is 11.9 Å². The molecule has 11 heteroatoms. The van der Waals surface area contributed by atoms with Crippen LogP contribution in [0, 0.1) is 17.1 Å². The number of likely N-dealkylation sites (tertiary alicyclic amines) is 1. The molecule has 2 saturated heterocycles. The molecule has 0 amide bonds. The van der Waals surface area contributed by atoms with E-state index in [1.807, 2.05) is 25.2 Å². The summed E-state index contributed by atoms with van der Waals surface area (Å²) in [6.07, 6.45) is 4.16. The first kappa shape index (κ1) is 30.5. The topological polar surface area (TPSA) is 117 Å². The van der Waals surface area contributed by atoms with E-state index in [0.29, 0.717) is 30.6 Å². The van der Waals surface area contributed by atoms with Crippen LogP contribution >= 0.6 is 0 Å². The van der Waals surface area contributed by atoms with Crippen LogP contribution in [0.15, 0.2) is 54.6 Å². The number of nitriles is 1. The molecule has 2 fully saturated rings. The third-order valence-electron chi connectivity index (χ3n) is 8.90. The molecule has 2 aromatic carbocycles. The number of benzene rings is 2. The summed E-state index contributed by atoms with van der Waals surface area (Å²) in [4.78, 5) is 26.0. The number of likely N-dealkylation sites (N-methyl/N-ethyl adjacent to an activating group) is 1. The van der Waals surface area contributed by atoms with Crippen LogP contribution in [0.1, 0.15) is 59.9 Å². The van der Waals surface area contributed by atoms with E-state index in [1.54, 1.807) is 36.4 Å². The van der Waals surface area contributed by atoms with Crippen LogP contribution in [0.3, 0.4) is 0 Å². The quantitative estimate of drug-likeness (QED) is 0.238. The number of pyridine rings is 1. The summed E-state index contributed by atoms with van der Waals surface area (Å²) in [5, 5.41) is 18.6. The monoisotopic (exact) mass is 612 g/mol. The normalized spacial score (nSPS) is 20.0. The maximum Gasteiger partial charge on any atom is 0.335 e. The van der Waals surface area contributed by atoms with Crippen molar-refractivity contribution in [1.82, 2.24) is 19.4 Å².